The molecule has 0 aromatic heterocycles. The number of alkyl halides is 3. The van der Waals surface area contributed by atoms with Crippen LogP contribution in [0.25, 0.3) is 0 Å². The lowest BCUT2D eigenvalue weighted by atomic mass is 10.1. The number of hydrogen-bond acceptors (Lipinski definition) is 2. The number of rotatable bonds is 2. The first-order valence-corrected chi connectivity index (χ1v) is 8.61. The molecule has 120 valence electrons. The zero-order valence-electron chi connectivity index (χ0n) is 12.1. The molecule has 1 heterocycles. The molecule has 2 aliphatic rings. The molecule has 0 bridgehead atoms. The lowest BCUT2D eigenvalue weighted by molar-refractivity contribution is -0.137. The molecule has 0 spiro atoms. The Morgan fingerprint density at radius 2 is 1.95 bits per heavy atom. The summed E-state index contributed by atoms with van der Waals surface area (Å²) >= 11 is 1.55. The molecule has 2 fully saturated rings. The van der Waals surface area contributed by atoms with Gasteiger partial charge < -0.3 is 4.90 Å². The molecule has 0 radical (unpaired) electrons. The highest BCUT2D eigenvalue weighted by Crippen LogP contribution is 2.42. The van der Waals surface area contributed by atoms with Crippen LogP contribution in [-0.4, -0.2) is 23.1 Å². The highest BCUT2D eigenvalue weighted by atomic mass is 32.2. The molecule has 1 aromatic carbocycles. The number of carbonyl (C=O) groups is 1. The molecule has 1 unspecified atom stereocenters. The van der Waals surface area contributed by atoms with Gasteiger partial charge in [0.05, 0.1) is 5.56 Å². The predicted molar refractivity (Wildman–Crippen MR) is 80.3 cm³/mol. The van der Waals surface area contributed by atoms with E-state index in [9.17, 15) is 18.0 Å². The zero-order chi connectivity index (χ0) is 15.7. The fourth-order valence-corrected chi connectivity index (χ4v) is 4.50. The largest absolute Gasteiger partial charge is 0.416 e. The van der Waals surface area contributed by atoms with Gasteiger partial charge in [-0.3, -0.25) is 4.79 Å². The van der Waals surface area contributed by atoms with Crippen molar-refractivity contribution in [3.63, 3.8) is 0 Å². The fourth-order valence-electron chi connectivity index (χ4n) is 3.25. The summed E-state index contributed by atoms with van der Waals surface area (Å²) in [5.41, 5.74) is -0.0746. The second-order valence-electron chi connectivity index (χ2n) is 5.86. The monoisotopic (exact) mass is 329 g/mol. The Morgan fingerprint density at radius 3 is 2.64 bits per heavy atom. The van der Waals surface area contributed by atoms with E-state index >= 15 is 0 Å². The van der Waals surface area contributed by atoms with Crippen LogP contribution in [0.1, 0.15) is 42.2 Å². The summed E-state index contributed by atoms with van der Waals surface area (Å²) in [6, 6.07) is 5.37. The Balaban J connectivity index is 1.82. The summed E-state index contributed by atoms with van der Waals surface area (Å²) in [6.45, 7) is 0.626. The minimum atomic E-state index is -4.35. The van der Waals surface area contributed by atoms with Crippen molar-refractivity contribution in [2.45, 2.75) is 37.2 Å². The molecule has 1 aliphatic carbocycles. The van der Waals surface area contributed by atoms with Crippen LogP contribution in [-0.2, 0) is 11.0 Å². The van der Waals surface area contributed by atoms with Crippen LogP contribution in [0.2, 0.25) is 0 Å². The highest BCUT2D eigenvalue weighted by Gasteiger charge is 2.37. The van der Waals surface area contributed by atoms with Gasteiger partial charge in [-0.05, 0) is 30.5 Å². The summed E-state index contributed by atoms with van der Waals surface area (Å²) in [5, 5.41) is -0.282. The van der Waals surface area contributed by atoms with Crippen molar-refractivity contribution in [3.8, 4) is 0 Å². The van der Waals surface area contributed by atoms with Gasteiger partial charge in [-0.1, -0.05) is 25.0 Å². The standard InChI is InChI=1S/C16H18F3NOS/c17-16(18,19)13-7-3-6-12(10-13)15-20(8-9-22-15)14(21)11-4-1-2-5-11/h3,6-7,10-11,15H,1-2,4-5,8-9H2. The van der Waals surface area contributed by atoms with Crippen molar-refractivity contribution in [1.29, 1.82) is 0 Å². The van der Waals surface area contributed by atoms with E-state index in [1.165, 1.54) is 12.1 Å². The van der Waals surface area contributed by atoms with E-state index in [4.69, 9.17) is 0 Å². The molecule has 3 rings (SSSR count). The minimum Gasteiger partial charge on any atom is -0.325 e. The van der Waals surface area contributed by atoms with Crippen LogP contribution in [0, 0.1) is 5.92 Å². The Bertz CT molecular complexity index is 555. The van der Waals surface area contributed by atoms with Gasteiger partial charge in [0.1, 0.15) is 5.37 Å². The molecule has 6 heteroatoms. The van der Waals surface area contributed by atoms with E-state index in [1.807, 2.05) is 0 Å². The van der Waals surface area contributed by atoms with Gasteiger partial charge in [-0.15, -0.1) is 11.8 Å². The van der Waals surface area contributed by atoms with Crippen molar-refractivity contribution in [2.24, 2.45) is 5.92 Å². The van der Waals surface area contributed by atoms with E-state index in [0.29, 0.717) is 12.1 Å². The molecule has 1 aromatic rings. The topological polar surface area (TPSA) is 20.3 Å². The van der Waals surface area contributed by atoms with E-state index in [2.05, 4.69) is 0 Å². The maximum Gasteiger partial charge on any atom is 0.416 e. The van der Waals surface area contributed by atoms with Gasteiger partial charge in [0.15, 0.2) is 0 Å². The first-order valence-electron chi connectivity index (χ1n) is 7.56. The number of amides is 1. The van der Waals surface area contributed by atoms with Gasteiger partial charge in [-0.2, -0.15) is 13.2 Å². The maximum atomic E-state index is 12.9. The Labute approximate surface area is 132 Å². The number of thioether (sulfide) groups is 1. The molecule has 2 nitrogen and oxygen atoms in total. The second-order valence-corrected chi connectivity index (χ2v) is 7.05. The molecule has 1 atom stereocenters. The van der Waals surface area contributed by atoms with Crippen molar-refractivity contribution in [1.82, 2.24) is 4.90 Å². The summed E-state index contributed by atoms with van der Waals surface area (Å²) < 4.78 is 38.6. The molecule has 1 amide bonds. The fraction of sp³-hybridized carbons (Fsp3) is 0.562. The van der Waals surface area contributed by atoms with Crippen molar-refractivity contribution < 1.29 is 18.0 Å². The van der Waals surface area contributed by atoms with Gasteiger partial charge in [0.2, 0.25) is 5.91 Å². The van der Waals surface area contributed by atoms with Crippen LogP contribution < -0.4 is 0 Å². The normalized spacial score (nSPS) is 23.2. The SMILES string of the molecule is O=C(C1CCCC1)N1CCSC1c1cccc(C(F)(F)F)c1. The first kappa shape index (κ1) is 15.7. The molecule has 1 saturated carbocycles. The van der Waals surface area contributed by atoms with E-state index in [1.54, 1.807) is 22.7 Å². The summed E-state index contributed by atoms with van der Waals surface area (Å²) in [4.78, 5) is 14.4. The first-order chi connectivity index (χ1) is 10.5. The second kappa shape index (κ2) is 6.14. The van der Waals surface area contributed by atoms with Gasteiger partial charge in [-0.25, -0.2) is 0 Å². The Morgan fingerprint density at radius 1 is 1.23 bits per heavy atom. The van der Waals surface area contributed by atoms with Crippen molar-refractivity contribution in [2.75, 3.05) is 12.3 Å². The summed E-state index contributed by atoms with van der Waals surface area (Å²) in [6.07, 6.45) is -0.374. The number of halogens is 3. The van der Waals surface area contributed by atoms with Crippen LogP contribution in [0.3, 0.4) is 0 Å². The van der Waals surface area contributed by atoms with Gasteiger partial charge >= 0.3 is 6.18 Å². The minimum absolute atomic E-state index is 0.0620. The van der Waals surface area contributed by atoms with Crippen molar-refractivity contribution >= 4 is 17.7 Å². The lowest BCUT2D eigenvalue weighted by Crippen LogP contribution is -2.34. The average Bonchev–Trinajstić information content (AvgIpc) is 3.17. The highest BCUT2D eigenvalue weighted by molar-refractivity contribution is 7.99. The molecule has 1 saturated heterocycles. The lowest BCUT2D eigenvalue weighted by Gasteiger charge is -2.27. The molecular formula is C16H18F3NOS. The van der Waals surface area contributed by atoms with Crippen LogP contribution >= 0.6 is 11.8 Å². The molecule has 1 aliphatic heterocycles. The number of benzene rings is 1. The smallest absolute Gasteiger partial charge is 0.325 e. The number of carbonyl (C=O) groups excluding carboxylic acids is 1. The number of nitrogens with zero attached hydrogens (tertiary/aromatic N) is 1. The van der Waals surface area contributed by atoms with Gasteiger partial charge in [0.25, 0.3) is 0 Å². The van der Waals surface area contributed by atoms with E-state index in [-0.39, 0.29) is 17.2 Å². The van der Waals surface area contributed by atoms with Crippen LogP contribution in [0.4, 0.5) is 13.2 Å². The van der Waals surface area contributed by atoms with E-state index < -0.39 is 11.7 Å². The third kappa shape index (κ3) is 3.12. The molecular weight excluding hydrogens is 311 g/mol. The molecule has 0 N–H and O–H groups in total. The Kier molecular flexibility index (Phi) is 4.39. The van der Waals surface area contributed by atoms with Crippen LogP contribution in [0.15, 0.2) is 24.3 Å². The zero-order valence-corrected chi connectivity index (χ0v) is 12.9. The maximum absolute atomic E-state index is 12.9. The number of hydrogen-bond donors (Lipinski definition) is 0. The quantitative estimate of drug-likeness (QED) is 0.798. The summed E-state index contributed by atoms with van der Waals surface area (Å²) in [5.74, 6) is 0.955. The Hall–Kier alpha value is -1.17. The van der Waals surface area contributed by atoms with E-state index in [0.717, 1.165) is 37.5 Å². The van der Waals surface area contributed by atoms with Crippen LogP contribution in [0.5, 0.6) is 0 Å². The third-order valence-electron chi connectivity index (χ3n) is 4.38. The third-order valence-corrected chi connectivity index (χ3v) is 5.64. The average molecular weight is 329 g/mol. The molecule has 22 heavy (non-hydrogen) atoms. The van der Waals surface area contributed by atoms with Crippen molar-refractivity contribution in [3.05, 3.63) is 35.4 Å². The summed E-state index contributed by atoms with van der Waals surface area (Å²) in [7, 11) is 0. The predicted octanol–water partition coefficient (Wildman–Crippen LogP) is 4.47. The van der Waals surface area contributed by atoms with Gasteiger partial charge in [0, 0.05) is 18.2 Å².